The maximum atomic E-state index is 13.8. The van der Waals surface area contributed by atoms with E-state index in [1.165, 1.54) is 29.6 Å². The highest BCUT2D eigenvalue weighted by Gasteiger charge is 2.35. The van der Waals surface area contributed by atoms with Gasteiger partial charge in [-0.1, -0.05) is 0 Å². The van der Waals surface area contributed by atoms with Crippen LogP contribution in [-0.4, -0.2) is 66.7 Å². The molecule has 0 unspecified atom stereocenters. The summed E-state index contributed by atoms with van der Waals surface area (Å²) in [5, 5.41) is 13.5. The summed E-state index contributed by atoms with van der Waals surface area (Å²) in [6.07, 6.45) is 4.13. The van der Waals surface area contributed by atoms with E-state index in [-0.39, 0.29) is 24.8 Å². The van der Waals surface area contributed by atoms with Crippen molar-refractivity contribution in [3.63, 3.8) is 0 Å². The summed E-state index contributed by atoms with van der Waals surface area (Å²) < 4.78 is 11.9. The number of carbonyl (C=O) groups is 2. The van der Waals surface area contributed by atoms with E-state index in [0.29, 0.717) is 35.7 Å². The van der Waals surface area contributed by atoms with Crippen LogP contribution in [0.4, 0.5) is 11.4 Å². The Kier molecular flexibility index (Phi) is 6.90. The molecule has 1 aromatic heterocycles. The minimum atomic E-state index is -0.653. The molecule has 0 bridgehead atoms. The van der Waals surface area contributed by atoms with Crippen molar-refractivity contribution in [2.24, 2.45) is 0 Å². The first-order valence-electron chi connectivity index (χ1n) is 12.3. The van der Waals surface area contributed by atoms with Crippen LogP contribution < -0.4 is 14.5 Å². The molecular weight excluding hydrogens is 460 g/mol. The summed E-state index contributed by atoms with van der Waals surface area (Å²) in [5.41, 5.74) is 3.59. The van der Waals surface area contributed by atoms with Crippen molar-refractivity contribution < 1.29 is 24.2 Å². The van der Waals surface area contributed by atoms with Gasteiger partial charge in [0, 0.05) is 36.6 Å². The van der Waals surface area contributed by atoms with Gasteiger partial charge in [-0.15, -0.1) is 0 Å². The van der Waals surface area contributed by atoms with Crippen molar-refractivity contribution in [3.8, 4) is 11.4 Å². The predicted molar refractivity (Wildman–Crippen MR) is 135 cm³/mol. The molecule has 188 valence electrons. The van der Waals surface area contributed by atoms with E-state index in [0.717, 1.165) is 18.8 Å². The lowest BCUT2D eigenvalue weighted by molar-refractivity contribution is 0.0425. The number of hydrogen-bond donors (Lipinski definition) is 1. The Bertz CT molecular complexity index is 1230. The number of piperidine rings is 1. The molecule has 0 radical (unpaired) electrons. The van der Waals surface area contributed by atoms with E-state index < -0.39 is 5.97 Å². The van der Waals surface area contributed by atoms with Gasteiger partial charge < -0.3 is 24.4 Å². The van der Waals surface area contributed by atoms with Crippen LogP contribution in [-0.2, 0) is 11.2 Å². The number of methoxy groups -OCH3 is 1. The fraction of sp³-hybridized carbons (Fsp3) is 0.370. The van der Waals surface area contributed by atoms with Gasteiger partial charge in [-0.05, 0) is 74.2 Å². The SMILES string of the molecule is COc1ccc(-n2nc(C(=O)OCCO)c3c2C(=O)N(c2ccc(N4CCCCC4)cc2)CC3)cc1. The zero-order chi connectivity index (χ0) is 25.1. The second-order valence-corrected chi connectivity index (χ2v) is 8.92. The number of rotatable bonds is 7. The molecule has 2 aromatic carbocycles. The summed E-state index contributed by atoms with van der Waals surface area (Å²) in [4.78, 5) is 30.6. The van der Waals surface area contributed by atoms with Crippen LogP contribution >= 0.6 is 0 Å². The third kappa shape index (κ3) is 4.54. The van der Waals surface area contributed by atoms with E-state index in [2.05, 4.69) is 22.1 Å². The van der Waals surface area contributed by atoms with Crippen LogP contribution in [0.2, 0.25) is 0 Å². The van der Waals surface area contributed by atoms with Crippen LogP contribution in [0.3, 0.4) is 0 Å². The molecule has 0 atom stereocenters. The van der Waals surface area contributed by atoms with Gasteiger partial charge in [-0.2, -0.15) is 5.10 Å². The Hall–Kier alpha value is -3.85. The summed E-state index contributed by atoms with van der Waals surface area (Å²) in [7, 11) is 1.58. The van der Waals surface area contributed by atoms with Crippen LogP contribution in [0.25, 0.3) is 5.69 Å². The first kappa shape index (κ1) is 23.9. The van der Waals surface area contributed by atoms with Crippen LogP contribution in [0.5, 0.6) is 5.75 Å². The first-order chi connectivity index (χ1) is 17.6. The van der Waals surface area contributed by atoms with Crippen molar-refractivity contribution >= 4 is 23.3 Å². The molecule has 2 aliphatic heterocycles. The van der Waals surface area contributed by atoms with Gasteiger partial charge in [0.05, 0.1) is 19.4 Å². The molecule has 1 amide bonds. The van der Waals surface area contributed by atoms with Crippen molar-refractivity contribution in [1.29, 1.82) is 0 Å². The number of aliphatic hydroxyl groups excluding tert-OH is 1. The fourth-order valence-electron chi connectivity index (χ4n) is 4.88. The van der Waals surface area contributed by atoms with E-state index in [1.54, 1.807) is 36.3 Å². The molecule has 9 nitrogen and oxygen atoms in total. The molecule has 5 rings (SSSR count). The molecule has 0 saturated carbocycles. The molecule has 36 heavy (non-hydrogen) atoms. The molecular formula is C27H30N4O5. The molecule has 1 N–H and O–H groups in total. The molecule has 2 aliphatic rings. The van der Waals surface area contributed by atoms with E-state index in [9.17, 15) is 9.59 Å². The van der Waals surface area contributed by atoms with Crippen molar-refractivity contribution in [1.82, 2.24) is 9.78 Å². The molecule has 9 heteroatoms. The van der Waals surface area contributed by atoms with Crippen molar-refractivity contribution in [2.45, 2.75) is 25.7 Å². The lowest BCUT2D eigenvalue weighted by Crippen LogP contribution is -2.39. The highest BCUT2D eigenvalue weighted by molar-refractivity contribution is 6.09. The second-order valence-electron chi connectivity index (χ2n) is 8.92. The largest absolute Gasteiger partial charge is 0.497 e. The number of benzene rings is 2. The number of carbonyl (C=O) groups excluding carboxylic acids is 2. The average molecular weight is 491 g/mol. The number of fused-ring (bicyclic) bond motifs is 1. The van der Waals surface area contributed by atoms with Gasteiger partial charge in [0.25, 0.3) is 5.91 Å². The minimum Gasteiger partial charge on any atom is -0.497 e. The van der Waals surface area contributed by atoms with E-state index in [1.807, 2.05) is 12.1 Å². The normalized spacial score (nSPS) is 15.6. The Morgan fingerprint density at radius 2 is 1.61 bits per heavy atom. The highest BCUT2D eigenvalue weighted by atomic mass is 16.5. The third-order valence-electron chi connectivity index (χ3n) is 6.73. The quantitative estimate of drug-likeness (QED) is 0.508. The Morgan fingerprint density at radius 1 is 0.944 bits per heavy atom. The van der Waals surface area contributed by atoms with Gasteiger partial charge in [-0.25, -0.2) is 9.48 Å². The number of nitrogens with zero attached hydrogens (tertiary/aromatic N) is 4. The number of ether oxygens (including phenoxy) is 2. The monoisotopic (exact) mass is 490 g/mol. The summed E-state index contributed by atoms with van der Waals surface area (Å²) in [5.74, 6) is -0.213. The van der Waals surface area contributed by atoms with Gasteiger partial charge in [0.15, 0.2) is 5.69 Å². The minimum absolute atomic E-state index is 0.0997. The number of anilines is 2. The number of aliphatic hydroxyl groups is 1. The number of esters is 1. The average Bonchev–Trinajstić information content (AvgIpc) is 3.33. The summed E-state index contributed by atoms with van der Waals surface area (Å²) in [6.45, 7) is 2.12. The zero-order valence-corrected chi connectivity index (χ0v) is 20.4. The molecule has 0 spiro atoms. The third-order valence-corrected chi connectivity index (χ3v) is 6.73. The van der Waals surface area contributed by atoms with Crippen LogP contribution in [0.15, 0.2) is 48.5 Å². The Labute approximate surface area is 209 Å². The van der Waals surface area contributed by atoms with Crippen molar-refractivity contribution in [3.05, 3.63) is 65.5 Å². The lowest BCUT2D eigenvalue weighted by Gasteiger charge is -2.30. The lowest BCUT2D eigenvalue weighted by atomic mass is 10.0. The highest BCUT2D eigenvalue weighted by Crippen LogP contribution is 2.31. The van der Waals surface area contributed by atoms with Gasteiger partial charge in [0.1, 0.15) is 18.1 Å². The zero-order valence-electron chi connectivity index (χ0n) is 20.4. The van der Waals surface area contributed by atoms with Gasteiger partial charge in [0.2, 0.25) is 0 Å². The topological polar surface area (TPSA) is 97.1 Å². The summed E-state index contributed by atoms with van der Waals surface area (Å²) >= 11 is 0. The second kappa shape index (κ2) is 10.4. The molecule has 3 aromatic rings. The van der Waals surface area contributed by atoms with Gasteiger partial charge >= 0.3 is 5.97 Å². The smallest absolute Gasteiger partial charge is 0.359 e. The number of hydrogen-bond acceptors (Lipinski definition) is 7. The number of amides is 1. The Balaban J connectivity index is 1.49. The fourth-order valence-corrected chi connectivity index (χ4v) is 4.88. The van der Waals surface area contributed by atoms with Crippen molar-refractivity contribution in [2.75, 3.05) is 49.8 Å². The van der Waals surface area contributed by atoms with Crippen LogP contribution in [0.1, 0.15) is 45.8 Å². The standard InChI is InChI=1S/C27H30N4O5/c1-35-22-11-9-21(10-12-22)31-25-23(24(28-31)27(34)36-18-17-32)13-16-30(26(25)33)20-7-5-19(6-8-20)29-14-3-2-4-15-29/h5-12,32H,2-4,13-18H2,1H3. The number of aromatic nitrogens is 2. The van der Waals surface area contributed by atoms with E-state index in [4.69, 9.17) is 14.6 Å². The first-order valence-corrected chi connectivity index (χ1v) is 12.3. The molecule has 0 aliphatic carbocycles. The predicted octanol–water partition coefficient (Wildman–Crippen LogP) is 3.22. The maximum Gasteiger partial charge on any atom is 0.359 e. The molecule has 1 fully saturated rings. The summed E-state index contributed by atoms with van der Waals surface area (Å²) in [6, 6.07) is 15.2. The maximum absolute atomic E-state index is 13.8. The van der Waals surface area contributed by atoms with Gasteiger partial charge in [-0.3, -0.25) is 4.79 Å². The molecule has 1 saturated heterocycles. The van der Waals surface area contributed by atoms with E-state index >= 15 is 0 Å². The Morgan fingerprint density at radius 3 is 2.28 bits per heavy atom. The molecule has 3 heterocycles. The van der Waals surface area contributed by atoms with Crippen LogP contribution in [0, 0.1) is 0 Å².